The van der Waals surface area contributed by atoms with Crippen LogP contribution in [0.4, 0.5) is 0 Å². The molecule has 1 saturated carbocycles. The lowest BCUT2D eigenvalue weighted by molar-refractivity contribution is -0.133. The maximum atomic E-state index is 12.1. The maximum absolute atomic E-state index is 12.1. The highest BCUT2D eigenvalue weighted by Crippen LogP contribution is 2.28. The third-order valence-corrected chi connectivity index (χ3v) is 4.19. The fourth-order valence-corrected chi connectivity index (χ4v) is 3.00. The summed E-state index contributed by atoms with van der Waals surface area (Å²) in [5.41, 5.74) is 0. The maximum Gasteiger partial charge on any atom is 0.222 e. The highest BCUT2D eigenvalue weighted by molar-refractivity contribution is 5.85. The topological polar surface area (TPSA) is 32.3 Å². The van der Waals surface area contributed by atoms with E-state index in [1.807, 2.05) is 11.9 Å². The molecule has 0 spiro atoms. The zero-order valence-corrected chi connectivity index (χ0v) is 11.6. The summed E-state index contributed by atoms with van der Waals surface area (Å²) in [6.45, 7) is 2.12. The van der Waals surface area contributed by atoms with Gasteiger partial charge in [0.1, 0.15) is 0 Å². The van der Waals surface area contributed by atoms with Crippen LogP contribution in [-0.2, 0) is 4.79 Å². The molecule has 1 heterocycles. The van der Waals surface area contributed by atoms with E-state index in [0.29, 0.717) is 17.9 Å². The van der Waals surface area contributed by atoms with E-state index in [0.717, 1.165) is 32.4 Å². The van der Waals surface area contributed by atoms with Crippen LogP contribution < -0.4 is 5.32 Å². The predicted molar refractivity (Wildman–Crippen MR) is 72.5 cm³/mol. The van der Waals surface area contributed by atoms with Crippen molar-refractivity contribution < 1.29 is 4.79 Å². The summed E-state index contributed by atoms with van der Waals surface area (Å²) in [6, 6.07) is 0.482. The van der Waals surface area contributed by atoms with Crippen LogP contribution in [0.2, 0.25) is 0 Å². The van der Waals surface area contributed by atoms with Crippen LogP contribution in [0.3, 0.4) is 0 Å². The Morgan fingerprint density at radius 1 is 1.18 bits per heavy atom. The largest absolute Gasteiger partial charge is 0.343 e. The van der Waals surface area contributed by atoms with Gasteiger partial charge in [0.25, 0.3) is 0 Å². The molecule has 0 aromatic carbocycles. The van der Waals surface area contributed by atoms with Gasteiger partial charge >= 0.3 is 0 Å². The number of nitrogens with zero attached hydrogens (tertiary/aromatic N) is 1. The lowest BCUT2D eigenvalue weighted by Crippen LogP contribution is -2.44. The number of nitrogens with one attached hydrogen (secondary N) is 1. The van der Waals surface area contributed by atoms with Crippen molar-refractivity contribution in [1.82, 2.24) is 10.2 Å². The van der Waals surface area contributed by atoms with Crippen LogP contribution in [0.15, 0.2) is 0 Å². The number of carbonyl (C=O) groups excluding carboxylic acids is 1. The van der Waals surface area contributed by atoms with Gasteiger partial charge in [0.05, 0.1) is 0 Å². The zero-order chi connectivity index (χ0) is 11.4. The molecule has 0 aromatic heterocycles. The SMILES string of the molecule is CN(C(=O)CC1CCCC1)C1CCNCC1.Cl. The first-order valence-electron chi connectivity index (χ1n) is 6.74. The molecule has 2 rings (SSSR count). The fourth-order valence-electron chi connectivity index (χ4n) is 3.00. The Morgan fingerprint density at radius 2 is 1.76 bits per heavy atom. The van der Waals surface area contributed by atoms with E-state index in [1.54, 1.807) is 0 Å². The Morgan fingerprint density at radius 3 is 2.35 bits per heavy atom. The van der Waals surface area contributed by atoms with Gasteiger partial charge in [-0.1, -0.05) is 12.8 Å². The van der Waals surface area contributed by atoms with Gasteiger partial charge in [-0.2, -0.15) is 0 Å². The van der Waals surface area contributed by atoms with E-state index in [9.17, 15) is 4.79 Å². The van der Waals surface area contributed by atoms with Crippen molar-refractivity contribution in [2.45, 2.75) is 51.0 Å². The number of rotatable bonds is 3. The highest BCUT2D eigenvalue weighted by Gasteiger charge is 2.25. The van der Waals surface area contributed by atoms with Gasteiger partial charge in [-0.25, -0.2) is 0 Å². The average molecular weight is 261 g/mol. The molecule has 100 valence electrons. The highest BCUT2D eigenvalue weighted by atomic mass is 35.5. The van der Waals surface area contributed by atoms with E-state index >= 15 is 0 Å². The molecule has 4 heteroatoms. The van der Waals surface area contributed by atoms with Crippen LogP contribution in [0.25, 0.3) is 0 Å². The Bertz CT molecular complexity index is 236. The minimum atomic E-state index is 0. The number of piperidine rings is 1. The van der Waals surface area contributed by atoms with E-state index in [4.69, 9.17) is 0 Å². The monoisotopic (exact) mass is 260 g/mol. The first-order valence-corrected chi connectivity index (χ1v) is 6.74. The number of hydrogen-bond donors (Lipinski definition) is 1. The molecule has 1 aliphatic carbocycles. The summed E-state index contributed by atoms with van der Waals surface area (Å²) in [7, 11) is 1.99. The summed E-state index contributed by atoms with van der Waals surface area (Å²) >= 11 is 0. The lowest BCUT2D eigenvalue weighted by atomic mass is 10.0. The number of amides is 1. The molecule has 2 fully saturated rings. The fraction of sp³-hybridized carbons (Fsp3) is 0.923. The summed E-state index contributed by atoms with van der Waals surface area (Å²) in [6.07, 6.45) is 8.22. The van der Waals surface area contributed by atoms with Crippen molar-refractivity contribution >= 4 is 18.3 Å². The Labute approximate surface area is 111 Å². The Kier molecular flexibility index (Phi) is 6.28. The van der Waals surface area contributed by atoms with Gasteiger partial charge in [-0.3, -0.25) is 4.79 Å². The summed E-state index contributed by atoms with van der Waals surface area (Å²) in [5.74, 6) is 1.05. The van der Waals surface area contributed by atoms with Gasteiger partial charge in [-0.15, -0.1) is 12.4 Å². The van der Waals surface area contributed by atoms with Crippen molar-refractivity contribution in [3.05, 3.63) is 0 Å². The van der Waals surface area contributed by atoms with Crippen LogP contribution in [0.1, 0.15) is 44.9 Å². The molecule has 1 saturated heterocycles. The molecule has 0 unspecified atom stereocenters. The molecule has 0 aromatic rings. The standard InChI is InChI=1S/C13H24N2O.ClH/c1-15(12-6-8-14-9-7-12)13(16)10-11-4-2-3-5-11;/h11-12,14H,2-10H2,1H3;1H. The number of halogens is 1. The van der Waals surface area contributed by atoms with Crippen molar-refractivity contribution in [2.24, 2.45) is 5.92 Å². The summed E-state index contributed by atoms with van der Waals surface area (Å²) in [5, 5.41) is 3.34. The molecular weight excluding hydrogens is 236 g/mol. The first-order chi connectivity index (χ1) is 7.77. The summed E-state index contributed by atoms with van der Waals surface area (Å²) < 4.78 is 0. The molecule has 1 amide bonds. The van der Waals surface area contributed by atoms with E-state index in [-0.39, 0.29) is 12.4 Å². The zero-order valence-electron chi connectivity index (χ0n) is 10.8. The number of hydrogen-bond acceptors (Lipinski definition) is 2. The van der Waals surface area contributed by atoms with Crippen molar-refractivity contribution in [3.63, 3.8) is 0 Å². The van der Waals surface area contributed by atoms with Crippen LogP contribution >= 0.6 is 12.4 Å². The number of carbonyl (C=O) groups is 1. The molecule has 0 bridgehead atoms. The normalized spacial score (nSPS) is 22.2. The van der Waals surface area contributed by atoms with E-state index in [2.05, 4.69) is 5.32 Å². The van der Waals surface area contributed by atoms with Gasteiger partial charge in [0.2, 0.25) is 5.91 Å². The molecule has 0 atom stereocenters. The quantitative estimate of drug-likeness (QED) is 0.844. The Hall–Kier alpha value is -0.280. The molecular formula is C13H25ClN2O. The molecule has 2 aliphatic rings. The average Bonchev–Trinajstić information content (AvgIpc) is 2.82. The summed E-state index contributed by atoms with van der Waals surface area (Å²) in [4.78, 5) is 14.1. The molecule has 0 radical (unpaired) electrons. The van der Waals surface area contributed by atoms with Crippen molar-refractivity contribution in [2.75, 3.05) is 20.1 Å². The second kappa shape index (κ2) is 7.22. The van der Waals surface area contributed by atoms with Gasteiger partial charge < -0.3 is 10.2 Å². The lowest BCUT2D eigenvalue weighted by Gasteiger charge is -2.32. The van der Waals surface area contributed by atoms with Crippen LogP contribution in [-0.4, -0.2) is 37.0 Å². The van der Waals surface area contributed by atoms with Gasteiger partial charge in [0.15, 0.2) is 0 Å². The van der Waals surface area contributed by atoms with Crippen LogP contribution in [0, 0.1) is 5.92 Å². The van der Waals surface area contributed by atoms with Crippen molar-refractivity contribution in [1.29, 1.82) is 0 Å². The predicted octanol–water partition coefficient (Wildman–Crippen LogP) is 2.20. The minimum absolute atomic E-state index is 0. The third-order valence-electron chi connectivity index (χ3n) is 4.19. The van der Waals surface area contributed by atoms with Gasteiger partial charge in [0, 0.05) is 19.5 Å². The smallest absolute Gasteiger partial charge is 0.222 e. The Balaban J connectivity index is 0.00000144. The molecule has 1 N–H and O–H groups in total. The second-order valence-corrected chi connectivity index (χ2v) is 5.34. The van der Waals surface area contributed by atoms with Crippen LogP contribution in [0.5, 0.6) is 0 Å². The van der Waals surface area contributed by atoms with Crippen molar-refractivity contribution in [3.8, 4) is 0 Å². The third kappa shape index (κ3) is 4.14. The minimum Gasteiger partial charge on any atom is -0.343 e. The first kappa shape index (κ1) is 14.8. The molecule has 1 aliphatic heterocycles. The second-order valence-electron chi connectivity index (χ2n) is 5.34. The van der Waals surface area contributed by atoms with E-state index < -0.39 is 0 Å². The molecule has 17 heavy (non-hydrogen) atoms. The van der Waals surface area contributed by atoms with Gasteiger partial charge in [-0.05, 0) is 44.7 Å². The van der Waals surface area contributed by atoms with E-state index in [1.165, 1.54) is 25.7 Å². The molecule has 3 nitrogen and oxygen atoms in total.